The molecule has 1 amide bonds. The van der Waals surface area contributed by atoms with Gasteiger partial charge in [0.05, 0.1) is 18.7 Å². The van der Waals surface area contributed by atoms with Crippen LogP contribution in [0.15, 0.2) is 24.3 Å². The highest BCUT2D eigenvalue weighted by Gasteiger charge is 2.41. The van der Waals surface area contributed by atoms with Crippen molar-refractivity contribution in [2.24, 2.45) is 0 Å². The molecule has 4 nitrogen and oxygen atoms in total. The first kappa shape index (κ1) is 12.6. The number of hydrogen-bond donors (Lipinski definition) is 1. The van der Waals surface area contributed by atoms with E-state index in [1.807, 2.05) is 17.9 Å². The van der Waals surface area contributed by atoms with E-state index >= 15 is 0 Å². The van der Waals surface area contributed by atoms with Crippen LogP contribution >= 0.6 is 0 Å². The second-order valence-electron chi connectivity index (χ2n) is 5.07. The third-order valence-electron chi connectivity index (χ3n) is 3.87. The second-order valence-corrected chi connectivity index (χ2v) is 5.07. The summed E-state index contributed by atoms with van der Waals surface area (Å²) >= 11 is 0. The smallest absolute Gasteiger partial charge is 0.238 e. The van der Waals surface area contributed by atoms with Crippen molar-refractivity contribution in [2.45, 2.75) is 31.7 Å². The molecule has 0 aromatic heterocycles. The number of carbonyl (C=O) groups excluding carboxylic acids is 1. The van der Waals surface area contributed by atoms with Gasteiger partial charge in [0, 0.05) is 6.61 Å². The van der Waals surface area contributed by atoms with Crippen LogP contribution in [0.1, 0.15) is 25.1 Å². The van der Waals surface area contributed by atoms with E-state index in [0.29, 0.717) is 13.2 Å². The lowest BCUT2D eigenvalue weighted by atomic mass is 10.1. The van der Waals surface area contributed by atoms with Gasteiger partial charge >= 0.3 is 0 Å². The van der Waals surface area contributed by atoms with Gasteiger partial charge in [0.2, 0.25) is 5.91 Å². The lowest BCUT2D eigenvalue weighted by Gasteiger charge is -2.32. The van der Waals surface area contributed by atoms with Gasteiger partial charge in [-0.25, -0.2) is 4.39 Å². The first-order valence-corrected chi connectivity index (χ1v) is 6.58. The van der Waals surface area contributed by atoms with Crippen LogP contribution in [-0.4, -0.2) is 36.1 Å². The van der Waals surface area contributed by atoms with Crippen molar-refractivity contribution in [2.75, 3.05) is 13.2 Å². The average molecular weight is 264 g/mol. The van der Waals surface area contributed by atoms with Crippen LogP contribution < -0.4 is 5.32 Å². The molecule has 19 heavy (non-hydrogen) atoms. The molecule has 2 saturated heterocycles. The summed E-state index contributed by atoms with van der Waals surface area (Å²) in [6, 6.07) is 6.46. The highest BCUT2D eigenvalue weighted by atomic mass is 19.1. The number of rotatable bonds is 2. The van der Waals surface area contributed by atoms with Crippen molar-refractivity contribution in [3.8, 4) is 0 Å². The van der Waals surface area contributed by atoms with Crippen molar-refractivity contribution >= 4 is 5.91 Å². The third kappa shape index (κ3) is 2.24. The van der Waals surface area contributed by atoms with Crippen LogP contribution in [0.3, 0.4) is 0 Å². The lowest BCUT2D eigenvalue weighted by molar-refractivity contribution is -0.131. The first-order valence-electron chi connectivity index (χ1n) is 6.58. The number of amides is 1. The quantitative estimate of drug-likeness (QED) is 0.878. The summed E-state index contributed by atoms with van der Waals surface area (Å²) < 4.78 is 18.9. The molecule has 3 rings (SSSR count). The Labute approximate surface area is 111 Å². The highest BCUT2D eigenvalue weighted by Crippen LogP contribution is 2.30. The molecule has 0 aliphatic carbocycles. The number of hydrogen-bond acceptors (Lipinski definition) is 3. The summed E-state index contributed by atoms with van der Waals surface area (Å²) in [7, 11) is 0. The maximum atomic E-state index is 13.3. The fourth-order valence-corrected chi connectivity index (χ4v) is 2.93. The van der Waals surface area contributed by atoms with Gasteiger partial charge in [0.1, 0.15) is 12.0 Å². The van der Waals surface area contributed by atoms with Crippen molar-refractivity contribution in [1.29, 1.82) is 0 Å². The first-order chi connectivity index (χ1) is 9.16. The number of benzene rings is 1. The molecule has 2 heterocycles. The van der Waals surface area contributed by atoms with Gasteiger partial charge in [-0.2, -0.15) is 0 Å². The van der Waals surface area contributed by atoms with Gasteiger partial charge in [-0.15, -0.1) is 0 Å². The van der Waals surface area contributed by atoms with Crippen molar-refractivity contribution < 1.29 is 13.9 Å². The normalized spacial score (nSPS) is 31.2. The molecule has 102 valence electrons. The lowest BCUT2D eigenvalue weighted by Crippen LogP contribution is -2.43. The summed E-state index contributed by atoms with van der Waals surface area (Å²) in [5, 5.41) is 3.15. The van der Waals surface area contributed by atoms with E-state index in [0.717, 1.165) is 12.0 Å². The highest BCUT2D eigenvalue weighted by molar-refractivity contribution is 5.81. The molecule has 3 atom stereocenters. The van der Waals surface area contributed by atoms with Gasteiger partial charge in [-0.3, -0.25) is 10.1 Å². The molecule has 3 unspecified atom stereocenters. The van der Waals surface area contributed by atoms with Crippen LogP contribution in [-0.2, 0) is 9.53 Å². The van der Waals surface area contributed by atoms with Gasteiger partial charge in [-0.1, -0.05) is 12.1 Å². The molecule has 0 bridgehead atoms. The number of carbonyl (C=O) groups is 1. The van der Waals surface area contributed by atoms with Crippen molar-refractivity contribution in [3.05, 3.63) is 35.6 Å². The van der Waals surface area contributed by atoms with Crippen LogP contribution in [0.4, 0.5) is 4.39 Å². The Morgan fingerprint density at radius 3 is 3.00 bits per heavy atom. The molecule has 0 radical (unpaired) electrons. The fourth-order valence-electron chi connectivity index (χ4n) is 2.93. The largest absolute Gasteiger partial charge is 0.376 e. The Hall–Kier alpha value is -1.46. The molecular weight excluding hydrogens is 247 g/mol. The van der Waals surface area contributed by atoms with Gasteiger partial charge in [0.15, 0.2) is 0 Å². The molecule has 1 aromatic rings. The Balaban J connectivity index is 1.90. The summed E-state index contributed by atoms with van der Waals surface area (Å²) in [6.45, 7) is 2.95. The van der Waals surface area contributed by atoms with Crippen LogP contribution in [0.25, 0.3) is 0 Å². The van der Waals surface area contributed by atoms with E-state index in [-0.39, 0.29) is 30.0 Å². The van der Waals surface area contributed by atoms with Gasteiger partial charge in [0.25, 0.3) is 0 Å². The molecule has 2 aliphatic heterocycles. The molecular formula is C14H17FN2O2. The van der Waals surface area contributed by atoms with Crippen molar-refractivity contribution in [3.63, 3.8) is 0 Å². The van der Waals surface area contributed by atoms with E-state index < -0.39 is 0 Å². The average Bonchev–Trinajstić information content (AvgIpc) is 2.95. The molecule has 5 heteroatoms. The fraction of sp³-hybridized carbons (Fsp3) is 0.500. The van der Waals surface area contributed by atoms with Gasteiger partial charge < -0.3 is 9.64 Å². The summed E-state index contributed by atoms with van der Waals surface area (Å²) in [5.41, 5.74) is 0.782. The van der Waals surface area contributed by atoms with E-state index in [9.17, 15) is 9.18 Å². The molecule has 1 N–H and O–H groups in total. The summed E-state index contributed by atoms with van der Waals surface area (Å²) in [5.74, 6) is -0.231. The maximum absolute atomic E-state index is 13.3. The molecule has 0 spiro atoms. The zero-order chi connectivity index (χ0) is 13.4. The van der Waals surface area contributed by atoms with E-state index in [4.69, 9.17) is 4.74 Å². The topological polar surface area (TPSA) is 41.6 Å². The van der Waals surface area contributed by atoms with Crippen molar-refractivity contribution in [1.82, 2.24) is 10.2 Å². The summed E-state index contributed by atoms with van der Waals surface area (Å²) in [4.78, 5) is 13.9. The standard InChI is InChI=1S/C14H17FN2O2/c1-9-12(5-6-19-9)17-13(18)8-16-14(17)10-3-2-4-11(15)7-10/h2-4,7,9,12,14,16H,5-6,8H2,1H3. The number of ether oxygens (including phenoxy) is 1. The monoisotopic (exact) mass is 264 g/mol. The zero-order valence-electron chi connectivity index (χ0n) is 10.8. The number of nitrogens with zero attached hydrogens (tertiary/aromatic N) is 1. The molecule has 1 aromatic carbocycles. The summed E-state index contributed by atoms with van der Waals surface area (Å²) in [6.07, 6.45) is 0.609. The van der Waals surface area contributed by atoms with Gasteiger partial charge in [-0.05, 0) is 31.0 Å². The Morgan fingerprint density at radius 1 is 1.47 bits per heavy atom. The minimum absolute atomic E-state index is 0.0277. The number of halogens is 1. The van der Waals surface area contributed by atoms with Crippen LogP contribution in [0.5, 0.6) is 0 Å². The Bertz CT molecular complexity index is 494. The minimum atomic E-state index is -0.283. The van der Waals surface area contributed by atoms with E-state index in [2.05, 4.69) is 5.32 Å². The predicted molar refractivity (Wildman–Crippen MR) is 67.8 cm³/mol. The predicted octanol–water partition coefficient (Wildman–Crippen LogP) is 1.43. The van der Waals surface area contributed by atoms with E-state index in [1.54, 1.807) is 6.07 Å². The van der Waals surface area contributed by atoms with Crippen LogP contribution in [0, 0.1) is 5.82 Å². The number of nitrogens with one attached hydrogen (secondary N) is 1. The van der Waals surface area contributed by atoms with E-state index in [1.165, 1.54) is 12.1 Å². The maximum Gasteiger partial charge on any atom is 0.238 e. The van der Waals surface area contributed by atoms with Crippen LogP contribution in [0.2, 0.25) is 0 Å². The Morgan fingerprint density at radius 2 is 2.32 bits per heavy atom. The minimum Gasteiger partial charge on any atom is -0.376 e. The molecule has 2 fully saturated rings. The Kier molecular flexibility index (Phi) is 3.24. The molecule has 2 aliphatic rings. The second kappa shape index (κ2) is 4.90. The molecule has 0 saturated carbocycles. The third-order valence-corrected chi connectivity index (χ3v) is 3.87. The zero-order valence-corrected chi connectivity index (χ0v) is 10.8. The SMILES string of the molecule is CC1OCCC1N1C(=O)CNC1c1cccc(F)c1.